The van der Waals surface area contributed by atoms with Gasteiger partial charge in [0.25, 0.3) is 0 Å². The standard InChI is InChI=1S/C9H5F3O/c1-4-6(10)5-2-3-13-9(5)8(12)7(4)11/h2-3H,1H3. The van der Waals surface area contributed by atoms with Crippen molar-refractivity contribution in [1.82, 2.24) is 0 Å². The summed E-state index contributed by atoms with van der Waals surface area (Å²) in [7, 11) is 0. The van der Waals surface area contributed by atoms with E-state index in [1.807, 2.05) is 0 Å². The third-order valence-corrected chi connectivity index (χ3v) is 1.95. The number of furan rings is 1. The molecule has 0 atom stereocenters. The Kier molecular flexibility index (Phi) is 1.58. The average Bonchev–Trinajstić information content (AvgIpc) is 2.59. The summed E-state index contributed by atoms with van der Waals surface area (Å²) in [6, 6.07) is 1.26. The van der Waals surface area contributed by atoms with Gasteiger partial charge in [0.05, 0.1) is 11.6 Å². The molecule has 1 aromatic heterocycles. The van der Waals surface area contributed by atoms with Gasteiger partial charge in [0.15, 0.2) is 11.4 Å². The second-order valence-corrected chi connectivity index (χ2v) is 2.73. The summed E-state index contributed by atoms with van der Waals surface area (Å²) in [4.78, 5) is 0. The van der Waals surface area contributed by atoms with Gasteiger partial charge in [0, 0.05) is 5.56 Å². The molecule has 0 spiro atoms. The topological polar surface area (TPSA) is 13.1 Å². The molecule has 0 N–H and O–H groups in total. The van der Waals surface area contributed by atoms with E-state index in [9.17, 15) is 13.2 Å². The van der Waals surface area contributed by atoms with Gasteiger partial charge >= 0.3 is 0 Å². The van der Waals surface area contributed by atoms with Gasteiger partial charge in [-0.25, -0.2) is 8.78 Å². The first kappa shape index (κ1) is 8.16. The summed E-state index contributed by atoms with van der Waals surface area (Å²) < 4.78 is 43.8. The van der Waals surface area contributed by atoms with Gasteiger partial charge in [-0.2, -0.15) is 4.39 Å². The Labute approximate surface area is 71.8 Å². The van der Waals surface area contributed by atoms with E-state index in [0.29, 0.717) is 0 Å². The molecule has 2 rings (SSSR count). The molecule has 0 aliphatic carbocycles. The van der Waals surface area contributed by atoms with Gasteiger partial charge < -0.3 is 4.42 Å². The third kappa shape index (κ3) is 0.946. The number of benzene rings is 1. The van der Waals surface area contributed by atoms with Crippen molar-refractivity contribution in [3.8, 4) is 0 Å². The highest BCUT2D eigenvalue weighted by atomic mass is 19.2. The summed E-state index contributed by atoms with van der Waals surface area (Å²) in [5, 5.41) is -0.0311. The molecular weight excluding hydrogens is 181 g/mol. The first-order chi connectivity index (χ1) is 6.13. The Morgan fingerprint density at radius 3 is 2.46 bits per heavy atom. The Balaban J connectivity index is 3.02. The Bertz CT molecular complexity index is 431. The minimum Gasteiger partial charge on any atom is -0.461 e. The second kappa shape index (κ2) is 2.52. The zero-order chi connectivity index (χ0) is 9.59. The van der Waals surface area contributed by atoms with Crippen LogP contribution < -0.4 is 0 Å². The summed E-state index contributed by atoms with van der Waals surface area (Å²) in [6.45, 7) is 1.18. The molecule has 1 nitrogen and oxygen atoms in total. The SMILES string of the molecule is Cc1c(F)c(F)c2occc2c1F. The van der Waals surface area contributed by atoms with Crippen molar-refractivity contribution in [2.45, 2.75) is 6.92 Å². The molecule has 0 amide bonds. The fourth-order valence-corrected chi connectivity index (χ4v) is 1.21. The van der Waals surface area contributed by atoms with E-state index in [-0.39, 0.29) is 16.5 Å². The van der Waals surface area contributed by atoms with Gasteiger partial charge in [-0.15, -0.1) is 0 Å². The maximum Gasteiger partial charge on any atom is 0.202 e. The minimum atomic E-state index is -1.19. The molecule has 0 fully saturated rings. The predicted octanol–water partition coefficient (Wildman–Crippen LogP) is 3.16. The smallest absolute Gasteiger partial charge is 0.202 e. The van der Waals surface area contributed by atoms with Gasteiger partial charge in [-0.3, -0.25) is 0 Å². The predicted molar refractivity (Wildman–Crippen MR) is 40.8 cm³/mol. The molecular formula is C9H5F3O. The van der Waals surface area contributed by atoms with Crippen LogP contribution in [0.2, 0.25) is 0 Å². The monoisotopic (exact) mass is 186 g/mol. The van der Waals surface area contributed by atoms with E-state index in [0.717, 1.165) is 6.26 Å². The van der Waals surface area contributed by atoms with Crippen LogP contribution in [0.3, 0.4) is 0 Å². The lowest BCUT2D eigenvalue weighted by Crippen LogP contribution is -1.94. The maximum absolute atomic E-state index is 13.2. The molecule has 1 aromatic carbocycles. The molecule has 0 aliphatic heterocycles. The molecule has 0 bridgehead atoms. The van der Waals surface area contributed by atoms with E-state index >= 15 is 0 Å². The fraction of sp³-hybridized carbons (Fsp3) is 0.111. The van der Waals surface area contributed by atoms with E-state index < -0.39 is 17.5 Å². The first-order valence-electron chi connectivity index (χ1n) is 3.63. The fourth-order valence-electron chi connectivity index (χ4n) is 1.21. The number of hydrogen-bond acceptors (Lipinski definition) is 1. The van der Waals surface area contributed by atoms with Crippen molar-refractivity contribution >= 4 is 11.0 Å². The van der Waals surface area contributed by atoms with Crippen molar-refractivity contribution in [3.05, 3.63) is 35.3 Å². The lowest BCUT2D eigenvalue weighted by Gasteiger charge is -2.00. The van der Waals surface area contributed by atoms with Crippen LogP contribution in [0.15, 0.2) is 16.7 Å². The quantitative estimate of drug-likeness (QED) is 0.576. The zero-order valence-electron chi connectivity index (χ0n) is 6.70. The van der Waals surface area contributed by atoms with Crippen molar-refractivity contribution in [1.29, 1.82) is 0 Å². The molecule has 0 saturated carbocycles. The van der Waals surface area contributed by atoms with Crippen LogP contribution in [0, 0.1) is 24.4 Å². The van der Waals surface area contributed by atoms with Crippen molar-refractivity contribution in [2.75, 3.05) is 0 Å². The van der Waals surface area contributed by atoms with E-state index in [1.54, 1.807) is 0 Å². The van der Waals surface area contributed by atoms with Crippen LogP contribution in [0.1, 0.15) is 5.56 Å². The van der Waals surface area contributed by atoms with Gasteiger partial charge in [-0.05, 0) is 13.0 Å². The molecule has 68 valence electrons. The van der Waals surface area contributed by atoms with E-state index in [2.05, 4.69) is 4.42 Å². The zero-order valence-corrected chi connectivity index (χ0v) is 6.70. The molecule has 13 heavy (non-hydrogen) atoms. The molecule has 0 unspecified atom stereocenters. The number of rotatable bonds is 0. The lowest BCUT2D eigenvalue weighted by atomic mass is 10.1. The van der Waals surface area contributed by atoms with Gasteiger partial charge in [0.1, 0.15) is 5.82 Å². The highest BCUT2D eigenvalue weighted by molar-refractivity contribution is 5.79. The lowest BCUT2D eigenvalue weighted by molar-refractivity contribution is 0.476. The first-order valence-corrected chi connectivity index (χ1v) is 3.63. The number of hydrogen-bond donors (Lipinski definition) is 0. The van der Waals surface area contributed by atoms with Crippen molar-refractivity contribution < 1.29 is 17.6 Å². The highest BCUT2D eigenvalue weighted by Crippen LogP contribution is 2.27. The minimum absolute atomic E-state index is 0.0311. The average molecular weight is 186 g/mol. The van der Waals surface area contributed by atoms with Crippen LogP contribution in [0.25, 0.3) is 11.0 Å². The summed E-state index contributed by atoms with van der Waals surface area (Å²) in [5.74, 6) is -3.11. The normalized spacial score (nSPS) is 11.1. The summed E-state index contributed by atoms with van der Waals surface area (Å²) in [6.07, 6.45) is 1.12. The summed E-state index contributed by atoms with van der Waals surface area (Å²) in [5.41, 5.74) is -0.702. The van der Waals surface area contributed by atoms with Crippen LogP contribution in [0.4, 0.5) is 13.2 Å². The molecule has 0 saturated heterocycles. The summed E-state index contributed by atoms with van der Waals surface area (Å²) >= 11 is 0. The number of fused-ring (bicyclic) bond motifs is 1. The Morgan fingerprint density at radius 2 is 1.77 bits per heavy atom. The Morgan fingerprint density at radius 1 is 1.08 bits per heavy atom. The van der Waals surface area contributed by atoms with E-state index in [4.69, 9.17) is 0 Å². The molecule has 2 aromatic rings. The van der Waals surface area contributed by atoms with Crippen LogP contribution >= 0.6 is 0 Å². The molecule has 0 radical (unpaired) electrons. The van der Waals surface area contributed by atoms with Gasteiger partial charge in [-0.1, -0.05) is 0 Å². The maximum atomic E-state index is 13.2. The van der Waals surface area contributed by atoms with E-state index in [1.165, 1.54) is 13.0 Å². The van der Waals surface area contributed by atoms with Crippen molar-refractivity contribution in [3.63, 3.8) is 0 Å². The van der Waals surface area contributed by atoms with Crippen molar-refractivity contribution in [2.24, 2.45) is 0 Å². The molecule has 4 heteroatoms. The highest BCUT2D eigenvalue weighted by Gasteiger charge is 2.18. The second-order valence-electron chi connectivity index (χ2n) is 2.73. The van der Waals surface area contributed by atoms with Crippen LogP contribution in [0.5, 0.6) is 0 Å². The molecule has 0 aliphatic rings. The van der Waals surface area contributed by atoms with Gasteiger partial charge in [0.2, 0.25) is 5.82 Å². The molecule has 1 heterocycles. The largest absolute Gasteiger partial charge is 0.461 e. The van der Waals surface area contributed by atoms with Crippen LogP contribution in [-0.4, -0.2) is 0 Å². The third-order valence-electron chi connectivity index (χ3n) is 1.95. The number of halogens is 3. The van der Waals surface area contributed by atoms with Crippen LogP contribution in [-0.2, 0) is 0 Å². The Hall–Kier alpha value is -1.45.